The number of rotatable bonds is 5. The summed E-state index contributed by atoms with van der Waals surface area (Å²) in [5.41, 5.74) is 2.30. The van der Waals surface area contributed by atoms with Crippen LogP contribution in [0, 0.1) is 5.82 Å². The van der Waals surface area contributed by atoms with Crippen molar-refractivity contribution in [1.29, 1.82) is 0 Å². The van der Waals surface area contributed by atoms with Gasteiger partial charge < -0.3 is 0 Å². The van der Waals surface area contributed by atoms with E-state index in [1.165, 1.54) is 12.1 Å². The Morgan fingerprint density at radius 3 is 2.81 bits per heavy atom. The molecule has 1 unspecified atom stereocenters. The average molecular weight is 364 g/mol. The Bertz CT molecular complexity index is 887. The van der Waals surface area contributed by atoms with Gasteiger partial charge in [-0.25, -0.2) is 14.4 Å². The van der Waals surface area contributed by atoms with Crippen LogP contribution < -0.4 is 0 Å². The normalized spacial score (nSPS) is 17.9. The molecule has 4 rings (SSSR count). The minimum absolute atomic E-state index is 0.178. The highest BCUT2D eigenvalue weighted by atomic mass is 19.1. The molecule has 140 valence electrons. The molecule has 1 saturated heterocycles. The van der Waals surface area contributed by atoms with Gasteiger partial charge in [-0.1, -0.05) is 25.1 Å². The van der Waals surface area contributed by atoms with Gasteiger partial charge in [-0.3, -0.25) is 9.47 Å². The van der Waals surface area contributed by atoms with Gasteiger partial charge in [0.15, 0.2) is 0 Å². The molecule has 3 heterocycles. The molecular formula is C22H25FN4. The van der Waals surface area contributed by atoms with Crippen LogP contribution in [-0.4, -0.2) is 32.5 Å². The van der Waals surface area contributed by atoms with E-state index >= 15 is 0 Å². The minimum atomic E-state index is -0.178. The Morgan fingerprint density at radius 2 is 2.00 bits per heavy atom. The molecule has 1 aliphatic heterocycles. The van der Waals surface area contributed by atoms with Gasteiger partial charge in [0, 0.05) is 43.5 Å². The van der Waals surface area contributed by atoms with E-state index in [1.54, 1.807) is 0 Å². The summed E-state index contributed by atoms with van der Waals surface area (Å²) in [7, 11) is 0. The number of imidazole rings is 1. The molecule has 1 fully saturated rings. The molecule has 0 spiro atoms. The number of piperidine rings is 1. The fourth-order valence-electron chi connectivity index (χ4n) is 3.89. The number of likely N-dealkylation sites (tertiary alicyclic amines) is 1. The van der Waals surface area contributed by atoms with Crippen molar-refractivity contribution < 1.29 is 4.39 Å². The van der Waals surface area contributed by atoms with Gasteiger partial charge in [0.05, 0.1) is 0 Å². The lowest BCUT2D eigenvalue weighted by Crippen LogP contribution is -2.34. The predicted molar refractivity (Wildman–Crippen MR) is 104 cm³/mol. The smallest absolute Gasteiger partial charge is 0.138 e. The largest absolute Gasteiger partial charge is 0.298 e. The molecule has 27 heavy (non-hydrogen) atoms. The van der Waals surface area contributed by atoms with E-state index in [1.807, 2.05) is 30.6 Å². The van der Waals surface area contributed by atoms with Crippen molar-refractivity contribution in [2.75, 3.05) is 13.1 Å². The summed E-state index contributed by atoms with van der Waals surface area (Å²) in [5.74, 6) is 2.22. The molecule has 0 radical (unpaired) electrons. The van der Waals surface area contributed by atoms with Crippen molar-refractivity contribution in [2.24, 2.45) is 0 Å². The Morgan fingerprint density at radius 1 is 1.15 bits per heavy atom. The maximum atomic E-state index is 13.1. The second-order valence-electron chi connectivity index (χ2n) is 7.19. The zero-order chi connectivity index (χ0) is 18.6. The monoisotopic (exact) mass is 364 g/mol. The highest BCUT2D eigenvalue weighted by Crippen LogP contribution is 2.27. The third-order valence-corrected chi connectivity index (χ3v) is 5.28. The second kappa shape index (κ2) is 8.01. The minimum Gasteiger partial charge on any atom is -0.298 e. The van der Waals surface area contributed by atoms with Crippen molar-refractivity contribution in [3.05, 3.63) is 77.8 Å². The van der Waals surface area contributed by atoms with Crippen LogP contribution in [0.4, 0.5) is 4.39 Å². The van der Waals surface area contributed by atoms with Gasteiger partial charge >= 0.3 is 0 Å². The van der Waals surface area contributed by atoms with Gasteiger partial charge in [0.1, 0.15) is 17.5 Å². The lowest BCUT2D eigenvalue weighted by molar-refractivity contribution is 0.198. The first kappa shape index (κ1) is 17.9. The molecule has 2 aromatic heterocycles. The first-order valence-corrected chi connectivity index (χ1v) is 9.69. The van der Waals surface area contributed by atoms with Gasteiger partial charge in [0.2, 0.25) is 0 Å². The van der Waals surface area contributed by atoms with E-state index in [0.29, 0.717) is 5.92 Å². The number of aromatic nitrogens is 3. The fraction of sp³-hybridized carbons (Fsp3) is 0.364. The molecule has 4 nitrogen and oxygen atoms in total. The molecule has 0 amide bonds. The van der Waals surface area contributed by atoms with Crippen molar-refractivity contribution in [3.63, 3.8) is 0 Å². The van der Waals surface area contributed by atoms with Crippen LogP contribution in [0.2, 0.25) is 0 Å². The Labute approximate surface area is 159 Å². The quantitative estimate of drug-likeness (QED) is 0.675. The Kier molecular flexibility index (Phi) is 5.30. The van der Waals surface area contributed by atoms with E-state index in [9.17, 15) is 4.39 Å². The lowest BCUT2D eigenvalue weighted by atomic mass is 9.94. The van der Waals surface area contributed by atoms with Crippen molar-refractivity contribution in [3.8, 4) is 5.82 Å². The van der Waals surface area contributed by atoms with E-state index in [-0.39, 0.29) is 5.82 Å². The summed E-state index contributed by atoms with van der Waals surface area (Å²) >= 11 is 0. The number of pyridine rings is 1. The van der Waals surface area contributed by atoms with Crippen LogP contribution in [0.5, 0.6) is 0 Å². The molecule has 0 aliphatic carbocycles. The molecule has 1 aliphatic rings. The van der Waals surface area contributed by atoms with Crippen LogP contribution in [0.3, 0.4) is 0 Å². The van der Waals surface area contributed by atoms with E-state index in [2.05, 4.69) is 33.5 Å². The lowest BCUT2D eigenvalue weighted by Gasteiger charge is -2.32. The molecule has 3 aromatic rings. The summed E-state index contributed by atoms with van der Waals surface area (Å²) in [6.07, 6.45) is 7.00. The molecule has 0 saturated carbocycles. The average Bonchev–Trinajstić information content (AvgIpc) is 3.19. The second-order valence-corrected chi connectivity index (χ2v) is 7.19. The van der Waals surface area contributed by atoms with Gasteiger partial charge in [-0.15, -0.1) is 0 Å². The third kappa shape index (κ3) is 4.08. The molecule has 5 heteroatoms. The fourth-order valence-corrected chi connectivity index (χ4v) is 3.89. The molecule has 1 aromatic carbocycles. The maximum absolute atomic E-state index is 13.1. The third-order valence-electron chi connectivity index (χ3n) is 5.28. The maximum Gasteiger partial charge on any atom is 0.138 e. The van der Waals surface area contributed by atoms with Gasteiger partial charge in [0.25, 0.3) is 0 Å². The van der Waals surface area contributed by atoms with Crippen molar-refractivity contribution >= 4 is 0 Å². The van der Waals surface area contributed by atoms with E-state index < -0.39 is 0 Å². The number of benzene rings is 1. The summed E-state index contributed by atoms with van der Waals surface area (Å²) in [5, 5.41) is 0. The number of aryl methyl sites for hydroxylation is 1. The summed E-state index contributed by atoms with van der Waals surface area (Å²) < 4.78 is 15.2. The highest BCUT2D eigenvalue weighted by molar-refractivity contribution is 5.28. The first-order chi connectivity index (χ1) is 13.2. The molecule has 0 bridgehead atoms. The van der Waals surface area contributed by atoms with E-state index in [4.69, 9.17) is 4.98 Å². The van der Waals surface area contributed by atoms with Gasteiger partial charge in [-0.2, -0.15) is 0 Å². The van der Waals surface area contributed by atoms with Crippen LogP contribution in [-0.2, 0) is 13.0 Å². The molecule has 0 N–H and O–H groups in total. The topological polar surface area (TPSA) is 34.0 Å². The summed E-state index contributed by atoms with van der Waals surface area (Å²) in [6.45, 7) is 5.03. The van der Waals surface area contributed by atoms with Crippen LogP contribution >= 0.6 is 0 Å². The molecular weight excluding hydrogens is 339 g/mol. The van der Waals surface area contributed by atoms with Crippen LogP contribution in [0.15, 0.2) is 54.9 Å². The zero-order valence-electron chi connectivity index (χ0n) is 15.7. The standard InChI is InChI=1S/C22H25FN4/c1-2-21-24-12-14-27(21)22-7-3-6-20(25-22)18-5-4-13-26(16-18)15-17-8-10-19(23)11-9-17/h3,6-12,14,18H,2,4-5,13,15-16H2,1H3. The summed E-state index contributed by atoms with van der Waals surface area (Å²) in [4.78, 5) is 11.8. The number of hydrogen-bond donors (Lipinski definition) is 0. The SMILES string of the molecule is CCc1nccn1-c1cccc(C2CCCN(Cc3ccc(F)cc3)C2)n1. The highest BCUT2D eigenvalue weighted by Gasteiger charge is 2.23. The first-order valence-electron chi connectivity index (χ1n) is 9.69. The Balaban J connectivity index is 1.49. The van der Waals surface area contributed by atoms with Gasteiger partial charge in [-0.05, 0) is 49.2 Å². The predicted octanol–water partition coefficient (Wildman–Crippen LogP) is 4.35. The van der Waals surface area contributed by atoms with Crippen molar-refractivity contribution in [2.45, 2.75) is 38.6 Å². The zero-order valence-corrected chi connectivity index (χ0v) is 15.7. The van der Waals surface area contributed by atoms with Crippen molar-refractivity contribution in [1.82, 2.24) is 19.4 Å². The number of nitrogens with zero attached hydrogens (tertiary/aromatic N) is 4. The Hall–Kier alpha value is -2.53. The molecule has 1 atom stereocenters. The van der Waals surface area contributed by atoms with Crippen LogP contribution in [0.25, 0.3) is 5.82 Å². The number of halogens is 1. The number of hydrogen-bond acceptors (Lipinski definition) is 3. The van der Waals surface area contributed by atoms with E-state index in [0.717, 1.165) is 61.8 Å². The van der Waals surface area contributed by atoms with Crippen LogP contribution in [0.1, 0.15) is 42.8 Å². The summed E-state index contributed by atoms with van der Waals surface area (Å²) in [6, 6.07) is 13.1.